The molecule has 6 atom stereocenters. The average molecular weight is 728 g/mol. The maximum absolute atomic E-state index is 13.1. The van der Waals surface area contributed by atoms with Gasteiger partial charge in [-0.3, -0.25) is 9.80 Å². The van der Waals surface area contributed by atoms with E-state index in [2.05, 4.69) is 74.4 Å². The number of benzene rings is 2. The van der Waals surface area contributed by atoms with E-state index < -0.39 is 11.2 Å². The number of fused-ring (bicyclic) bond motifs is 2. The van der Waals surface area contributed by atoms with Gasteiger partial charge in [-0.15, -0.1) is 0 Å². The molecular formula is C38H43BrN6O4. The minimum atomic E-state index is -0.545. The number of carbonyl (C=O) groups excluding carboxylic acids is 2. The van der Waals surface area contributed by atoms with Crippen LogP contribution in [-0.4, -0.2) is 65.2 Å². The average Bonchev–Trinajstić information content (AvgIpc) is 3.67. The van der Waals surface area contributed by atoms with E-state index in [1.54, 1.807) is 0 Å². The fraction of sp³-hybridized carbons (Fsp3) is 0.474. The van der Waals surface area contributed by atoms with Crippen LogP contribution in [0.2, 0.25) is 0 Å². The third-order valence-electron chi connectivity index (χ3n) is 10.0. The highest BCUT2D eigenvalue weighted by atomic mass is 79.9. The van der Waals surface area contributed by atoms with E-state index >= 15 is 0 Å². The van der Waals surface area contributed by atoms with Crippen LogP contribution in [0.25, 0.3) is 33.6 Å². The molecule has 0 unspecified atom stereocenters. The van der Waals surface area contributed by atoms with Crippen LogP contribution in [0.5, 0.6) is 0 Å². The molecule has 2 aromatic carbocycles. The van der Waals surface area contributed by atoms with Crippen LogP contribution in [0.3, 0.4) is 0 Å². The van der Waals surface area contributed by atoms with Crippen LogP contribution >= 0.6 is 15.9 Å². The van der Waals surface area contributed by atoms with E-state index in [0.29, 0.717) is 11.8 Å². The largest absolute Gasteiger partial charge is 0.444 e. The van der Waals surface area contributed by atoms with E-state index in [0.717, 1.165) is 75.6 Å². The number of piperidine rings is 2. The van der Waals surface area contributed by atoms with E-state index in [-0.39, 0.29) is 36.4 Å². The van der Waals surface area contributed by atoms with Gasteiger partial charge in [-0.2, -0.15) is 0 Å². The molecule has 10 nitrogen and oxygen atoms in total. The number of ether oxygens (including phenoxy) is 2. The molecule has 0 spiro atoms. The normalized spacial score (nSPS) is 25.6. The Kier molecular flexibility index (Phi) is 7.51. The van der Waals surface area contributed by atoms with Crippen molar-refractivity contribution in [2.45, 2.75) is 103 Å². The van der Waals surface area contributed by atoms with Crippen molar-refractivity contribution in [3.05, 3.63) is 71.0 Å². The Hall–Kier alpha value is -4.12. The topological polar surface area (TPSA) is 116 Å². The standard InChI is InChI=1S/C38H43BrN6O4/c1-37(2,3)48-35(46)44-27-15-24(27)17-29(44)33-40-19-26(41-33)22-11-7-20(8-12-22)21-9-13-23(14-10-21)31-32(39)43-34(42-31)30-18-25-16-28(25)45(30)36(47)49-38(4,5)6/h7-14,19,24-25,27-30H,15-18H2,1-6H3,(H,40,41)(H,42,43)/t24-,25+,27-,28+,29+,30-/m0/s1. The summed E-state index contributed by atoms with van der Waals surface area (Å²) in [4.78, 5) is 46.5. The lowest BCUT2D eigenvalue weighted by Crippen LogP contribution is -2.38. The number of carbonyl (C=O) groups is 2. The van der Waals surface area contributed by atoms with Crippen LogP contribution in [-0.2, 0) is 9.47 Å². The van der Waals surface area contributed by atoms with Gasteiger partial charge in [-0.1, -0.05) is 48.5 Å². The number of imidazole rings is 2. The molecule has 4 aromatic rings. The Morgan fingerprint density at radius 3 is 1.67 bits per heavy atom. The predicted octanol–water partition coefficient (Wildman–Crippen LogP) is 9.04. The number of aromatic amines is 2. The highest BCUT2D eigenvalue weighted by molar-refractivity contribution is 9.10. The first kappa shape index (κ1) is 32.1. The number of H-pyrrole nitrogens is 2. The zero-order valence-electron chi connectivity index (χ0n) is 28.8. The van der Waals surface area contributed by atoms with Crippen LogP contribution in [0.1, 0.15) is 91.0 Å². The minimum Gasteiger partial charge on any atom is -0.444 e. The zero-order chi connectivity index (χ0) is 34.4. The van der Waals surface area contributed by atoms with E-state index in [1.165, 1.54) is 0 Å². The molecule has 0 bridgehead atoms. The predicted molar refractivity (Wildman–Crippen MR) is 189 cm³/mol. The minimum absolute atomic E-state index is 0.0940. The van der Waals surface area contributed by atoms with Crippen molar-refractivity contribution >= 4 is 28.1 Å². The molecular weight excluding hydrogens is 684 g/mol. The maximum atomic E-state index is 13.1. The lowest BCUT2D eigenvalue weighted by molar-refractivity contribution is 0.0164. The summed E-state index contributed by atoms with van der Waals surface area (Å²) in [7, 11) is 0. The monoisotopic (exact) mass is 726 g/mol. The summed E-state index contributed by atoms with van der Waals surface area (Å²) in [6.45, 7) is 11.4. The molecule has 4 heterocycles. The van der Waals surface area contributed by atoms with Gasteiger partial charge >= 0.3 is 12.2 Å². The summed E-state index contributed by atoms with van der Waals surface area (Å²) in [5.74, 6) is 2.63. The lowest BCUT2D eigenvalue weighted by atomic mass is 10.0. The van der Waals surface area contributed by atoms with Crippen molar-refractivity contribution in [2.24, 2.45) is 11.8 Å². The Bertz CT molecular complexity index is 1900. The number of halogens is 1. The van der Waals surface area contributed by atoms with Crippen molar-refractivity contribution in [3.8, 4) is 33.6 Å². The third kappa shape index (κ3) is 6.26. The summed E-state index contributed by atoms with van der Waals surface area (Å²) in [5, 5.41) is 0. The number of aromatic nitrogens is 4. The molecule has 2 amide bonds. The summed E-state index contributed by atoms with van der Waals surface area (Å²) >= 11 is 3.69. The van der Waals surface area contributed by atoms with Gasteiger partial charge < -0.3 is 19.4 Å². The van der Waals surface area contributed by atoms with Crippen LogP contribution in [0.4, 0.5) is 9.59 Å². The third-order valence-corrected chi connectivity index (χ3v) is 10.6. The Balaban J connectivity index is 0.952. The van der Waals surface area contributed by atoms with Crippen LogP contribution < -0.4 is 0 Å². The van der Waals surface area contributed by atoms with E-state index in [4.69, 9.17) is 19.4 Å². The number of rotatable bonds is 5. The molecule has 2 aromatic heterocycles. The number of nitrogens with zero attached hydrogens (tertiary/aromatic N) is 4. The highest BCUT2D eigenvalue weighted by Gasteiger charge is 2.57. The van der Waals surface area contributed by atoms with Gasteiger partial charge in [0, 0.05) is 17.6 Å². The molecule has 4 aliphatic rings. The molecule has 2 aliphatic heterocycles. The number of hydrogen-bond donors (Lipinski definition) is 2. The molecule has 4 fully saturated rings. The van der Waals surface area contributed by atoms with Crippen molar-refractivity contribution in [1.29, 1.82) is 0 Å². The Morgan fingerprint density at radius 2 is 1.16 bits per heavy atom. The Morgan fingerprint density at radius 1 is 0.694 bits per heavy atom. The van der Waals surface area contributed by atoms with Crippen molar-refractivity contribution in [2.75, 3.05) is 0 Å². The number of likely N-dealkylation sites (tertiary alicyclic amines) is 2. The quantitative estimate of drug-likeness (QED) is 0.212. The van der Waals surface area contributed by atoms with Crippen molar-refractivity contribution in [3.63, 3.8) is 0 Å². The molecule has 8 rings (SSSR count). The second-order valence-corrected chi connectivity index (χ2v) is 16.8. The number of nitrogens with one attached hydrogen (secondary N) is 2. The van der Waals surface area contributed by atoms with Crippen LogP contribution in [0, 0.1) is 11.8 Å². The molecule has 2 N–H and O–H groups in total. The van der Waals surface area contributed by atoms with Gasteiger partial charge in [0.05, 0.1) is 24.0 Å². The smallest absolute Gasteiger partial charge is 0.411 e. The van der Waals surface area contributed by atoms with E-state index in [9.17, 15) is 9.59 Å². The van der Waals surface area contributed by atoms with Gasteiger partial charge in [-0.05, 0) is 112 Å². The second kappa shape index (κ2) is 11.5. The lowest BCUT2D eigenvalue weighted by Gasteiger charge is -2.29. The summed E-state index contributed by atoms with van der Waals surface area (Å²) < 4.78 is 12.3. The van der Waals surface area contributed by atoms with Gasteiger partial charge in [0.1, 0.15) is 33.1 Å². The first-order chi connectivity index (χ1) is 23.2. The fourth-order valence-electron chi connectivity index (χ4n) is 7.59. The summed E-state index contributed by atoms with van der Waals surface area (Å²) in [6, 6.07) is 17.1. The first-order valence-electron chi connectivity index (χ1n) is 17.3. The first-order valence-corrected chi connectivity index (χ1v) is 18.1. The molecule has 0 radical (unpaired) electrons. The summed E-state index contributed by atoms with van der Waals surface area (Å²) in [6.07, 6.45) is 5.21. The molecule has 2 saturated heterocycles. The number of hydrogen-bond acceptors (Lipinski definition) is 6. The molecule has 2 aliphatic carbocycles. The van der Waals surface area contributed by atoms with E-state index in [1.807, 2.05) is 57.5 Å². The van der Waals surface area contributed by atoms with Gasteiger partial charge in [0.2, 0.25) is 0 Å². The SMILES string of the molecule is CC(C)(C)OC(=O)N1[C@@H]2C[C@@H]2C[C@H]1c1nc(-c2ccc(-c3ccc(-c4cnc([C@H]5C[C@@H]6C[C@@H]6N5C(=O)OC(C)(C)C)[nH]4)cc3)cc2)c(Br)[nH]1. The van der Waals surface area contributed by atoms with Crippen LogP contribution in [0.15, 0.2) is 59.3 Å². The molecule has 49 heavy (non-hydrogen) atoms. The molecule has 11 heteroatoms. The van der Waals surface area contributed by atoms with Crippen molar-refractivity contribution in [1.82, 2.24) is 29.7 Å². The zero-order valence-corrected chi connectivity index (χ0v) is 30.4. The molecule has 256 valence electrons. The van der Waals surface area contributed by atoms with Gasteiger partial charge in [0.25, 0.3) is 0 Å². The molecule has 2 saturated carbocycles. The number of amides is 2. The maximum Gasteiger partial charge on any atom is 0.411 e. The fourth-order valence-corrected chi connectivity index (χ4v) is 8.11. The van der Waals surface area contributed by atoms with Gasteiger partial charge in [-0.25, -0.2) is 19.6 Å². The second-order valence-electron chi connectivity index (χ2n) is 16.0. The van der Waals surface area contributed by atoms with Crippen molar-refractivity contribution < 1.29 is 19.1 Å². The Labute approximate surface area is 295 Å². The van der Waals surface area contributed by atoms with Gasteiger partial charge in [0.15, 0.2) is 0 Å². The highest BCUT2D eigenvalue weighted by Crippen LogP contribution is 2.55. The summed E-state index contributed by atoms with van der Waals surface area (Å²) in [5.41, 5.74) is 4.87.